The van der Waals surface area contributed by atoms with Gasteiger partial charge in [-0.15, -0.1) is 0 Å². The van der Waals surface area contributed by atoms with Crippen LogP contribution >= 0.6 is 0 Å². The van der Waals surface area contributed by atoms with Gasteiger partial charge in [0.05, 0.1) is 17.8 Å². The third-order valence-electron chi connectivity index (χ3n) is 8.88. The van der Waals surface area contributed by atoms with E-state index in [9.17, 15) is 20.1 Å². The van der Waals surface area contributed by atoms with E-state index in [0.717, 1.165) is 5.57 Å². The number of rotatable bonds is 1. The van der Waals surface area contributed by atoms with Crippen molar-refractivity contribution in [2.75, 3.05) is 0 Å². The highest BCUT2D eigenvalue weighted by Gasteiger charge is 2.74. The molecule has 0 bridgehead atoms. The Morgan fingerprint density at radius 1 is 1.30 bits per heavy atom. The number of hydrogen-bond donors (Lipinski definition) is 3. The van der Waals surface area contributed by atoms with Crippen molar-refractivity contribution in [1.29, 1.82) is 0 Å². The first-order chi connectivity index (χ1) is 12.4. The monoisotopic (exact) mass is 378 g/mol. The fourth-order valence-electron chi connectivity index (χ4n) is 7.32. The molecule has 0 saturated heterocycles. The number of carbonyl (C=O) groups excluding carboxylic acids is 1. The highest BCUT2D eigenvalue weighted by atomic mass is 19.1. The van der Waals surface area contributed by atoms with Crippen LogP contribution in [0.15, 0.2) is 23.8 Å². The van der Waals surface area contributed by atoms with E-state index in [-0.39, 0.29) is 24.0 Å². The van der Waals surface area contributed by atoms with E-state index in [2.05, 4.69) is 0 Å². The molecule has 0 aliphatic heterocycles. The van der Waals surface area contributed by atoms with Crippen LogP contribution in [-0.2, 0) is 4.79 Å². The van der Waals surface area contributed by atoms with E-state index in [1.54, 1.807) is 26.0 Å². The van der Waals surface area contributed by atoms with Gasteiger partial charge in [-0.05, 0) is 63.5 Å². The summed E-state index contributed by atoms with van der Waals surface area (Å²) in [6.07, 6.45) is 4.08. The summed E-state index contributed by atoms with van der Waals surface area (Å²) in [5, 5.41) is 32.7. The molecule has 0 amide bonds. The number of fused-ring (bicyclic) bond motifs is 5. The minimum atomic E-state index is -1.89. The van der Waals surface area contributed by atoms with Gasteiger partial charge in [-0.1, -0.05) is 25.5 Å². The summed E-state index contributed by atoms with van der Waals surface area (Å²) in [5.74, 6) is -0.671. The van der Waals surface area contributed by atoms with Crippen molar-refractivity contribution in [2.45, 2.75) is 76.9 Å². The molecule has 150 valence electrons. The molecule has 4 rings (SSSR count). The summed E-state index contributed by atoms with van der Waals surface area (Å²) < 4.78 is 16.9. The maximum atomic E-state index is 16.9. The lowest BCUT2D eigenvalue weighted by Crippen LogP contribution is -2.70. The number of hydrogen-bond acceptors (Lipinski definition) is 4. The van der Waals surface area contributed by atoms with Gasteiger partial charge in [0.1, 0.15) is 0 Å². The zero-order valence-corrected chi connectivity index (χ0v) is 16.6. The normalized spacial score (nSPS) is 55.4. The quantitative estimate of drug-likeness (QED) is 0.656. The average molecular weight is 378 g/mol. The predicted molar refractivity (Wildman–Crippen MR) is 99.5 cm³/mol. The first-order valence-corrected chi connectivity index (χ1v) is 10.1. The fourth-order valence-corrected chi connectivity index (χ4v) is 7.32. The van der Waals surface area contributed by atoms with Crippen molar-refractivity contribution in [3.8, 4) is 0 Å². The Morgan fingerprint density at radius 2 is 1.96 bits per heavy atom. The molecular weight excluding hydrogens is 347 g/mol. The van der Waals surface area contributed by atoms with Crippen LogP contribution in [0.1, 0.15) is 53.4 Å². The number of halogens is 1. The molecule has 0 aromatic rings. The molecule has 3 saturated carbocycles. The Hall–Kier alpha value is -1.04. The molecule has 9 atom stereocenters. The molecule has 0 radical (unpaired) electrons. The maximum Gasteiger partial charge on any atom is 0.178 e. The van der Waals surface area contributed by atoms with Crippen molar-refractivity contribution in [1.82, 2.24) is 0 Å². The second-order valence-electron chi connectivity index (χ2n) is 9.93. The van der Waals surface area contributed by atoms with E-state index in [4.69, 9.17) is 0 Å². The fraction of sp³-hybridized carbons (Fsp3) is 0.773. The van der Waals surface area contributed by atoms with Gasteiger partial charge in [-0.2, -0.15) is 0 Å². The topological polar surface area (TPSA) is 77.8 Å². The lowest BCUT2D eigenvalue weighted by Gasteiger charge is -2.64. The number of aliphatic hydroxyl groups excluding tert-OH is 2. The van der Waals surface area contributed by atoms with Crippen LogP contribution in [0.25, 0.3) is 0 Å². The summed E-state index contributed by atoms with van der Waals surface area (Å²) >= 11 is 0. The van der Waals surface area contributed by atoms with E-state index in [0.29, 0.717) is 19.3 Å². The molecule has 3 fully saturated rings. The summed E-state index contributed by atoms with van der Waals surface area (Å²) in [6.45, 7) is 7.30. The summed E-state index contributed by atoms with van der Waals surface area (Å²) in [4.78, 5) is 11.9. The van der Waals surface area contributed by atoms with Crippen molar-refractivity contribution in [2.24, 2.45) is 28.6 Å². The third-order valence-corrected chi connectivity index (χ3v) is 8.88. The second kappa shape index (κ2) is 5.52. The molecule has 4 aliphatic carbocycles. The molecule has 0 aromatic heterocycles. The molecule has 5 heteroatoms. The zero-order valence-electron chi connectivity index (χ0n) is 16.6. The Balaban J connectivity index is 1.85. The van der Waals surface area contributed by atoms with Gasteiger partial charge < -0.3 is 15.3 Å². The standard InChI is InChI=1S/C22H31FO4/c1-12-9-17-15-6-8-21(27,13(2)24)20(15,4)11-18(26)22(17,23)19(3)7-5-14(25)10-16(12)19/h5,7,10,12-13,15,17-18,24,26-27H,6,8-9,11H2,1-4H3/t12-,13-,15-,17-,18-,19-,20-,21-,22?/m0/s1. The molecule has 4 aliphatic rings. The molecule has 27 heavy (non-hydrogen) atoms. The van der Waals surface area contributed by atoms with Crippen molar-refractivity contribution in [3.63, 3.8) is 0 Å². The molecule has 1 unspecified atom stereocenters. The van der Waals surface area contributed by atoms with Crippen LogP contribution in [0.2, 0.25) is 0 Å². The van der Waals surface area contributed by atoms with Crippen molar-refractivity contribution < 1.29 is 24.5 Å². The molecule has 0 spiro atoms. The van der Waals surface area contributed by atoms with Crippen LogP contribution in [0.4, 0.5) is 4.39 Å². The Kier molecular flexibility index (Phi) is 3.94. The number of carbonyl (C=O) groups is 1. The lowest BCUT2D eigenvalue weighted by atomic mass is 9.43. The third kappa shape index (κ3) is 2.06. The Morgan fingerprint density at radius 3 is 2.59 bits per heavy atom. The van der Waals surface area contributed by atoms with Crippen LogP contribution < -0.4 is 0 Å². The highest BCUT2D eigenvalue weighted by Crippen LogP contribution is 2.70. The van der Waals surface area contributed by atoms with Gasteiger partial charge in [0.25, 0.3) is 0 Å². The first-order valence-electron chi connectivity index (χ1n) is 10.1. The van der Waals surface area contributed by atoms with E-state index >= 15 is 4.39 Å². The van der Waals surface area contributed by atoms with Crippen molar-refractivity contribution >= 4 is 5.78 Å². The number of allylic oxidation sites excluding steroid dienone is 4. The largest absolute Gasteiger partial charge is 0.390 e. The van der Waals surface area contributed by atoms with Gasteiger partial charge in [0.2, 0.25) is 0 Å². The minimum Gasteiger partial charge on any atom is -0.390 e. The van der Waals surface area contributed by atoms with E-state index in [1.807, 2.05) is 13.8 Å². The van der Waals surface area contributed by atoms with Crippen LogP contribution in [0, 0.1) is 28.6 Å². The van der Waals surface area contributed by atoms with Gasteiger partial charge in [0, 0.05) is 16.7 Å². The molecular formula is C22H31FO4. The molecule has 0 aromatic carbocycles. The SMILES string of the molecule is C[C@H](O)[C@@]1(O)CC[C@H]2[C@@H]3C[C@H](C)C4=CC(=O)C=C[C@]4(C)C3(F)[C@@H](O)C[C@@]21C. The van der Waals surface area contributed by atoms with Gasteiger partial charge in [-0.3, -0.25) is 4.79 Å². The smallest absolute Gasteiger partial charge is 0.178 e. The number of aliphatic hydroxyl groups is 3. The highest BCUT2D eigenvalue weighted by molar-refractivity contribution is 6.01. The molecule has 3 N–H and O–H groups in total. The van der Waals surface area contributed by atoms with Gasteiger partial charge in [-0.25, -0.2) is 4.39 Å². The number of ketones is 1. The van der Waals surface area contributed by atoms with Crippen LogP contribution in [0.3, 0.4) is 0 Å². The first kappa shape index (κ1) is 19.3. The summed E-state index contributed by atoms with van der Waals surface area (Å²) in [5.41, 5.74) is -4.22. The second-order valence-corrected chi connectivity index (χ2v) is 9.93. The average Bonchev–Trinajstić information content (AvgIpc) is 2.85. The Labute approximate surface area is 160 Å². The maximum absolute atomic E-state index is 16.9. The van der Waals surface area contributed by atoms with Crippen LogP contribution in [0.5, 0.6) is 0 Å². The summed E-state index contributed by atoms with van der Waals surface area (Å²) in [7, 11) is 0. The lowest BCUT2D eigenvalue weighted by molar-refractivity contribution is -0.235. The Bertz CT molecular complexity index is 745. The van der Waals surface area contributed by atoms with E-state index < -0.39 is 40.2 Å². The molecule has 4 nitrogen and oxygen atoms in total. The van der Waals surface area contributed by atoms with Gasteiger partial charge >= 0.3 is 0 Å². The number of alkyl halides is 1. The molecule has 0 heterocycles. The minimum absolute atomic E-state index is 0.0209. The zero-order chi connectivity index (χ0) is 20.0. The van der Waals surface area contributed by atoms with Crippen molar-refractivity contribution in [3.05, 3.63) is 23.8 Å². The van der Waals surface area contributed by atoms with E-state index in [1.165, 1.54) is 6.08 Å². The summed E-state index contributed by atoms with van der Waals surface area (Å²) in [6, 6.07) is 0. The van der Waals surface area contributed by atoms with Crippen LogP contribution in [-0.4, -0.2) is 44.6 Å². The van der Waals surface area contributed by atoms with Gasteiger partial charge in [0.15, 0.2) is 11.5 Å². The predicted octanol–water partition coefficient (Wildman–Crippen LogP) is 2.72.